The minimum atomic E-state index is -0.429. The molecule has 0 saturated heterocycles. The Morgan fingerprint density at radius 1 is 1.42 bits per heavy atom. The predicted molar refractivity (Wildman–Crippen MR) is 105 cm³/mol. The normalized spacial score (nSPS) is 14.5. The Morgan fingerprint density at radius 2 is 2.27 bits per heavy atom. The molecule has 0 fully saturated rings. The molecule has 1 amide bonds. The molecule has 2 aromatic heterocycles. The number of nitrogens with two attached hydrogens (primary N) is 1. The van der Waals surface area contributed by atoms with Crippen LogP contribution in [0.5, 0.6) is 0 Å². The highest BCUT2D eigenvalue weighted by atomic mass is 32.1. The third-order valence-electron chi connectivity index (χ3n) is 4.51. The number of rotatable bonds is 5. The Hall–Kier alpha value is -2.03. The average Bonchev–Trinajstić information content (AvgIpc) is 3.16. The van der Waals surface area contributed by atoms with Crippen molar-refractivity contribution in [3.63, 3.8) is 0 Å². The number of halogens is 1. The number of amides is 1. The summed E-state index contributed by atoms with van der Waals surface area (Å²) in [4.78, 5) is 20.0. The fourth-order valence-electron chi connectivity index (χ4n) is 3.38. The van der Waals surface area contributed by atoms with Crippen LogP contribution in [-0.4, -0.2) is 28.9 Å². The standard InChI is InChI=1S/C18H19FN4OS2/c1-2-7-23-8-6-10-13(9-23)25-17(14(10)16(20)24)22-18-21-15-11(19)4-3-5-12(15)26-18/h3-5H,2,6-9H2,1H3,(H2,20,24)(H,21,22). The number of aromatic nitrogens is 1. The van der Waals surface area contributed by atoms with Gasteiger partial charge in [-0.15, -0.1) is 11.3 Å². The van der Waals surface area contributed by atoms with E-state index in [9.17, 15) is 9.18 Å². The third kappa shape index (κ3) is 3.08. The van der Waals surface area contributed by atoms with E-state index in [1.54, 1.807) is 17.4 Å². The van der Waals surface area contributed by atoms with E-state index < -0.39 is 5.91 Å². The Balaban J connectivity index is 1.69. The van der Waals surface area contributed by atoms with Crippen LogP contribution in [-0.2, 0) is 13.0 Å². The van der Waals surface area contributed by atoms with Crippen LogP contribution in [0.25, 0.3) is 10.2 Å². The van der Waals surface area contributed by atoms with Crippen molar-refractivity contribution in [1.82, 2.24) is 9.88 Å². The molecule has 3 heterocycles. The van der Waals surface area contributed by atoms with Crippen LogP contribution in [0.15, 0.2) is 18.2 Å². The summed E-state index contributed by atoms with van der Waals surface area (Å²) in [7, 11) is 0. The van der Waals surface area contributed by atoms with Crippen LogP contribution in [0.3, 0.4) is 0 Å². The van der Waals surface area contributed by atoms with Crippen molar-refractivity contribution in [3.05, 3.63) is 40.0 Å². The SMILES string of the molecule is CCCN1CCc2c(sc(Nc3nc4c(F)cccc4s3)c2C(N)=O)C1. The molecule has 0 atom stereocenters. The second kappa shape index (κ2) is 6.94. The summed E-state index contributed by atoms with van der Waals surface area (Å²) in [6.07, 6.45) is 1.92. The minimum Gasteiger partial charge on any atom is -0.365 e. The monoisotopic (exact) mass is 390 g/mol. The molecule has 1 aromatic carbocycles. The molecule has 0 spiro atoms. The maximum atomic E-state index is 13.9. The molecule has 136 valence electrons. The molecule has 5 nitrogen and oxygen atoms in total. The minimum absolute atomic E-state index is 0.344. The second-order valence-electron chi connectivity index (χ2n) is 6.33. The lowest BCUT2D eigenvalue weighted by Gasteiger charge is -2.26. The molecule has 0 bridgehead atoms. The van der Waals surface area contributed by atoms with Gasteiger partial charge in [0.15, 0.2) is 5.13 Å². The summed E-state index contributed by atoms with van der Waals surface area (Å²) < 4.78 is 14.7. The Bertz CT molecular complexity index is 981. The molecule has 0 unspecified atom stereocenters. The van der Waals surface area contributed by atoms with Gasteiger partial charge in [-0.3, -0.25) is 9.69 Å². The number of thiophene rings is 1. The summed E-state index contributed by atoms with van der Waals surface area (Å²) in [5.41, 5.74) is 7.61. The van der Waals surface area contributed by atoms with Gasteiger partial charge in [-0.05, 0) is 37.1 Å². The van der Waals surface area contributed by atoms with E-state index in [1.165, 1.54) is 22.3 Å². The highest BCUT2D eigenvalue weighted by Crippen LogP contribution is 2.39. The number of benzene rings is 1. The quantitative estimate of drug-likeness (QED) is 0.688. The average molecular weight is 391 g/mol. The molecular weight excluding hydrogens is 371 g/mol. The lowest BCUT2D eigenvalue weighted by Crippen LogP contribution is -2.31. The van der Waals surface area contributed by atoms with Crippen molar-refractivity contribution >= 4 is 48.9 Å². The molecule has 3 N–H and O–H groups in total. The van der Waals surface area contributed by atoms with Crippen LogP contribution in [0.2, 0.25) is 0 Å². The van der Waals surface area contributed by atoms with Crippen molar-refractivity contribution in [2.45, 2.75) is 26.3 Å². The van der Waals surface area contributed by atoms with E-state index in [4.69, 9.17) is 5.73 Å². The number of para-hydroxylation sites is 1. The molecular formula is C18H19FN4OS2. The zero-order valence-corrected chi connectivity index (χ0v) is 16.0. The van der Waals surface area contributed by atoms with Crippen LogP contribution in [0.4, 0.5) is 14.5 Å². The van der Waals surface area contributed by atoms with E-state index >= 15 is 0 Å². The van der Waals surface area contributed by atoms with Crippen molar-refractivity contribution in [2.75, 3.05) is 18.4 Å². The number of fused-ring (bicyclic) bond motifs is 2. The maximum absolute atomic E-state index is 13.9. The summed E-state index contributed by atoms with van der Waals surface area (Å²) in [5, 5.41) is 4.49. The molecule has 8 heteroatoms. The molecule has 0 aliphatic carbocycles. The van der Waals surface area contributed by atoms with Gasteiger partial charge in [-0.1, -0.05) is 24.3 Å². The molecule has 0 radical (unpaired) electrons. The van der Waals surface area contributed by atoms with Gasteiger partial charge in [-0.25, -0.2) is 9.37 Å². The van der Waals surface area contributed by atoms with Crippen LogP contribution in [0.1, 0.15) is 34.1 Å². The van der Waals surface area contributed by atoms with E-state index in [2.05, 4.69) is 22.1 Å². The van der Waals surface area contributed by atoms with Gasteiger partial charge in [0.1, 0.15) is 16.3 Å². The Morgan fingerprint density at radius 3 is 3.00 bits per heavy atom. The van der Waals surface area contributed by atoms with Crippen molar-refractivity contribution in [3.8, 4) is 0 Å². The van der Waals surface area contributed by atoms with E-state index in [0.29, 0.717) is 21.2 Å². The first-order valence-electron chi connectivity index (χ1n) is 8.55. The summed E-state index contributed by atoms with van der Waals surface area (Å²) in [6, 6.07) is 4.89. The number of primary amides is 1. The zero-order chi connectivity index (χ0) is 18.3. The van der Waals surface area contributed by atoms with Gasteiger partial charge >= 0.3 is 0 Å². The molecule has 26 heavy (non-hydrogen) atoms. The van der Waals surface area contributed by atoms with Gasteiger partial charge in [0, 0.05) is 18.0 Å². The lowest BCUT2D eigenvalue weighted by atomic mass is 10.0. The number of hydrogen-bond acceptors (Lipinski definition) is 6. The summed E-state index contributed by atoms with van der Waals surface area (Å²) in [5.74, 6) is -0.774. The molecule has 1 aliphatic heterocycles. The number of carbonyl (C=O) groups is 1. The number of hydrogen-bond donors (Lipinski definition) is 2. The Kier molecular flexibility index (Phi) is 4.64. The van der Waals surface area contributed by atoms with Crippen molar-refractivity contribution < 1.29 is 9.18 Å². The van der Waals surface area contributed by atoms with Crippen LogP contribution in [0, 0.1) is 5.82 Å². The second-order valence-corrected chi connectivity index (χ2v) is 8.46. The maximum Gasteiger partial charge on any atom is 0.251 e. The molecule has 0 saturated carbocycles. The van der Waals surface area contributed by atoms with Crippen molar-refractivity contribution in [1.29, 1.82) is 0 Å². The highest BCUT2D eigenvalue weighted by Gasteiger charge is 2.27. The summed E-state index contributed by atoms with van der Waals surface area (Å²) >= 11 is 2.91. The molecule has 4 rings (SSSR count). The number of anilines is 2. The van der Waals surface area contributed by atoms with E-state index in [0.717, 1.165) is 42.7 Å². The van der Waals surface area contributed by atoms with Gasteiger partial charge < -0.3 is 11.1 Å². The number of thiazole rings is 1. The fraction of sp³-hybridized carbons (Fsp3) is 0.333. The van der Waals surface area contributed by atoms with Crippen LogP contribution >= 0.6 is 22.7 Å². The largest absolute Gasteiger partial charge is 0.365 e. The van der Waals surface area contributed by atoms with E-state index in [1.807, 2.05) is 6.07 Å². The van der Waals surface area contributed by atoms with Crippen LogP contribution < -0.4 is 11.1 Å². The van der Waals surface area contributed by atoms with Gasteiger partial charge in [0.05, 0.1) is 10.3 Å². The van der Waals surface area contributed by atoms with E-state index in [-0.39, 0.29) is 5.82 Å². The topological polar surface area (TPSA) is 71.2 Å². The number of nitrogens with zero attached hydrogens (tertiary/aromatic N) is 2. The first-order chi connectivity index (χ1) is 12.6. The first-order valence-corrected chi connectivity index (χ1v) is 10.2. The predicted octanol–water partition coefficient (Wildman–Crippen LogP) is 4.11. The third-order valence-corrected chi connectivity index (χ3v) is 6.58. The Labute approximate surface area is 158 Å². The van der Waals surface area contributed by atoms with Gasteiger partial charge in [-0.2, -0.15) is 0 Å². The molecule has 3 aromatic rings. The smallest absolute Gasteiger partial charge is 0.251 e. The summed E-state index contributed by atoms with van der Waals surface area (Å²) in [6.45, 7) is 4.98. The van der Waals surface area contributed by atoms with Gasteiger partial charge in [0.25, 0.3) is 5.91 Å². The lowest BCUT2D eigenvalue weighted by molar-refractivity contribution is 0.1000. The number of carbonyl (C=O) groups excluding carboxylic acids is 1. The first kappa shape index (κ1) is 17.4. The molecule has 1 aliphatic rings. The highest BCUT2D eigenvalue weighted by molar-refractivity contribution is 7.23. The van der Waals surface area contributed by atoms with Crippen molar-refractivity contribution in [2.24, 2.45) is 5.73 Å². The zero-order valence-electron chi connectivity index (χ0n) is 14.3. The fourth-order valence-corrected chi connectivity index (χ4v) is 5.62. The number of nitrogens with one attached hydrogen (secondary N) is 1. The van der Waals surface area contributed by atoms with Gasteiger partial charge in [0.2, 0.25) is 0 Å².